The molecule has 0 aliphatic heterocycles. The van der Waals surface area contributed by atoms with E-state index in [4.69, 9.17) is 4.74 Å². The van der Waals surface area contributed by atoms with Crippen LogP contribution in [0.25, 0.3) is 0 Å². The van der Waals surface area contributed by atoms with Crippen LogP contribution in [0.15, 0.2) is 17.6 Å². The Labute approximate surface area is 160 Å². The lowest BCUT2D eigenvalue weighted by Gasteiger charge is -2.42. The van der Waals surface area contributed by atoms with Gasteiger partial charge < -0.3 is 15.0 Å². The van der Waals surface area contributed by atoms with Crippen molar-refractivity contribution < 1.29 is 4.74 Å². The molecule has 0 aromatic heterocycles. The molecule has 0 unspecified atom stereocenters. The molecule has 1 aliphatic carbocycles. The zero-order valence-corrected chi connectivity index (χ0v) is 17.6. The van der Waals surface area contributed by atoms with Gasteiger partial charge in [-0.1, -0.05) is 18.9 Å². The highest BCUT2D eigenvalue weighted by atomic mass is 127. The number of unbranched alkanes of at least 4 members (excludes halogenated alkanes) is 3. The van der Waals surface area contributed by atoms with Crippen molar-refractivity contribution in [2.75, 3.05) is 40.9 Å². The molecule has 0 atom stereocenters. The van der Waals surface area contributed by atoms with Crippen LogP contribution in [0.4, 0.5) is 0 Å². The minimum atomic E-state index is 0. The van der Waals surface area contributed by atoms with E-state index in [9.17, 15) is 0 Å². The fourth-order valence-electron chi connectivity index (χ4n) is 3.08. The molecule has 1 rings (SSSR count). The third-order valence-electron chi connectivity index (χ3n) is 4.85. The molecule has 5 heteroatoms. The summed E-state index contributed by atoms with van der Waals surface area (Å²) in [5, 5.41) is 3.58. The molecular formula is C18H36IN3O. The molecule has 4 nitrogen and oxygen atoms in total. The minimum absolute atomic E-state index is 0. The van der Waals surface area contributed by atoms with Gasteiger partial charge in [-0.3, -0.25) is 4.99 Å². The summed E-state index contributed by atoms with van der Waals surface area (Å²) < 4.78 is 5.26. The minimum Gasteiger partial charge on any atom is -0.385 e. The van der Waals surface area contributed by atoms with E-state index < -0.39 is 0 Å². The zero-order chi connectivity index (χ0) is 16.3. The Hall–Kier alpha value is -0.300. The van der Waals surface area contributed by atoms with Crippen LogP contribution in [0.2, 0.25) is 0 Å². The number of hydrogen-bond acceptors (Lipinski definition) is 2. The van der Waals surface area contributed by atoms with E-state index in [0.29, 0.717) is 5.41 Å². The Morgan fingerprint density at radius 3 is 2.61 bits per heavy atom. The molecule has 1 N–H and O–H groups in total. The van der Waals surface area contributed by atoms with Gasteiger partial charge in [0.05, 0.1) is 0 Å². The van der Waals surface area contributed by atoms with Gasteiger partial charge in [0, 0.05) is 40.9 Å². The predicted molar refractivity (Wildman–Crippen MR) is 111 cm³/mol. The second kappa shape index (κ2) is 13.0. The third kappa shape index (κ3) is 8.38. The van der Waals surface area contributed by atoms with Crippen LogP contribution in [-0.2, 0) is 4.74 Å². The average molecular weight is 437 g/mol. The molecule has 0 aromatic carbocycles. The quantitative estimate of drug-likeness (QED) is 0.174. The lowest BCUT2D eigenvalue weighted by Crippen LogP contribution is -2.47. The first-order valence-electron chi connectivity index (χ1n) is 8.69. The topological polar surface area (TPSA) is 36.9 Å². The van der Waals surface area contributed by atoms with Crippen molar-refractivity contribution in [2.24, 2.45) is 10.4 Å². The number of halogens is 1. The zero-order valence-electron chi connectivity index (χ0n) is 15.3. The maximum atomic E-state index is 5.26. The number of nitrogens with zero attached hydrogens (tertiary/aromatic N) is 2. The van der Waals surface area contributed by atoms with Crippen LogP contribution in [0.1, 0.15) is 51.4 Å². The monoisotopic (exact) mass is 437 g/mol. The van der Waals surface area contributed by atoms with E-state index in [1.807, 2.05) is 13.1 Å². The molecule has 0 saturated heterocycles. The summed E-state index contributed by atoms with van der Waals surface area (Å²) in [5.74, 6) is 1.02. The molecular weight excluding hydrogens is 401 g/mol. The van der Waals surface area contributed by atoms with Crippen molar-refractivity contribution in [3.05, 3.63) is 12.7 Å². The van der Waals surface area contributed by atoms with E-state index >= 15 is 0 Å². The molecule has 0 bridgehead atoms. The molecule has 136 valence electrons. The second-order valence-corrected chi connectivity index (χ2v) is 6.56. The number of nitrogens with one attached hydrogen (secondary N) is 1. The summed E-state index contributed by atoms with van der Waals surface area (Å²) in [7, 11) is 5.80. The van der Waals surface area contributed by atoms with E-state index in [2.05, 4.69) is 28.8 Å². The highest BCUT2D eigenvalue weighted by Crippen LogP contribution is 2.43. The van der Waals surface area contributed by atoms with Gasteiger partial charge in [-0.25, -0.2) is 0 Å². The first-order chi connectivity index (χ1) is 10.7. The summed E-state index contributed by atoms with van der Waals surface area (Å²) >= 11 is 0. The number of hydrogen-bond donors (Lipinski definition) is 1. The molecule has 0 spiro atoms. The molecule has 0 radical (unpaired) electrons. The molecule has 1 aliphatic rings. The number of aliphatic imine (C=N–C) groups is 1. The molecule has 0 amide bonds. The Bertz CT molecular complexity index is 343. The maximum Gasteiger partial charge on any atom is 0.193 e. The standard InChI is InChI=1S/C18H35N3O.HI/c1-5-6-7-8-9-14-21(3)17(19-2)20-16-18(11-10-12-18)13-15-22-4;/h5H,1,6-16H2,2-4H3,(H,19,20);1H. The van der Waals surface area contributed by atoms with Crippen molar-refractivity contribution in [1.82, 2.24) is 10.2 Å². The van der Waals surface area contributed by atoms with Gasteiger partial charge in [-0.05, 0) is 43.9 Å². The Balaban J connectivity index is 0.00000484. The molecule has 23 heavy (non-hydrogen) atoms. The van der Waals surface area contributed by atoms with Gasteiger partial charge in [0.2, 0.25) is 0 Å². The summed E-state index contributed by atoms with van der Waals surface area (Å²) in [6.07, 6.45) is 12.0. The fraction of sp³-hybridized carbons (Fsp3) is 0.833. The van der Waals surface area contributed by atoms with Gasteiger partial charge in [-0.15, -0.1) is 30.6 Å². The molecule has 1 saturated carbocycles. The molecule has 0 aromatic rings. The van der Waals surface area contributed by atoms with Crippen LogP contribution in [0.3, 0.4) is 0 Å². The summed E-state index contributed by atoms with van der Waals surface area (Å²) in [6.45, 7) is 6.70. The molecule has 1 fully saturated rings. The number of guanidine groups is 1. The van der Waals surface area contributed by atoms with Crippen LogP contribution in [0, 0.1) is 5.41 Å². The lowest BCUT2D eigenvalue weighted by atomic mass is 9.67. The molecule has 0 heterocycles. The number of allylic oxidation sites excluding steroid dienone is 1. The van der Waals surface area contributed by atoms with Crippen LogP contribution in [0.5, 0.6) is 0 Å². The number of methoxy groups -OCH3 is 1. The highest BCUT2D eigenvalue weighted by molar-refractivity contribution is 14.0. The van der Waals surface area contributed by atoms with Crippen molar-refractivity contribution in [2.45, 2.75) is 51.4 Å². The Morgan fingerprint density at radius 2 is 2.09 bits per heavy atom. The third-order valence-corrected chi connectivity index (χ3v) is 4.85. The maximum absolute atomic E-state index is 5.26. The lowest BCUT2D eigenvalue weighted by molar-refractivity contribution is 0.0727. The predicted octanol–water partition coefficient (Wildman–Crippen LogP) is 4.06. The van der Waals surface area contributed by atoms with Crippen LogP contribution < -0.4 is 5.32 Å². The van der Waals surface area contributed by atoms with Crippen LogP contribution in [-0.4, -0.2) is 51.8 Å². The Kier molecular flexibility index (Phi) is 12.9. The highest BCUT2D eigenvalue weighted by Gasteiger charge is 2.36. The number of ether oxygens (including phenoxy) is 1. The van der Waals surface area contributed by atoms with Gasteiger partial charge in [0.25, 0.3) is 0 Å². The number of rotatable bonds is 11. The normalized spacial score (nSPS) is 16.2. The van der Waals surface area contributed by atoms with E-state index in [0.717, 1.165) is 38.5 Å². The van der Waals surface area contributed by atoms with Gasteiger partial charge in [0.1, 0.15) is 0 Å². The first kappa shape index (κ1) is 22.7. The van der Waals surface area contributed by atoms with Crippen molar-refractivity contribution in [3.63, 3.8) is 0 Å². The van der Waals surface area contributed by atoms with Crippen molar-refractivity contribution >= 4 is 29.9 Å². The van der Waals surface area contributed by atoms with Crippen molar-refractivity contribution in [3.8, 4) is 0 Å². The SMILES string of the molecule is C=CCCCCCN(C)C(=NC)NCC1(CCOC)CCC1.I. The van der Waals surface area contributed by atoms with Gasteiger partial charge >= 0.3 is 0 Å². The second-order valence-electron chi connectivity index (χ2n) is 6.56. The van der Waals surface area contributed by atoms with Gasteiger partial charge in [-0.2, -0.15) is 0 Å². The van der Waals surface area contributed by atoms with Crippen molar-refractivity contribution in [1.29, 1.82) is 0 Å². The summed E-state index contributed by atoms with van der Waals surface area (Å²) in [4.78, 5) is 6.68. The van der Waals surface area contributed by atoms with E-state index in [-0.39, 0.29) is 24.0 Å². The smallest absolute Gasteiger partial charge is 0.193 e. The average Bonchev–Trinajstić information content (AvgIpc) is 2.49. The first-order valence-corrected chi connectivity index (χ1v) is 8.69. The van der Waals surface area contributed by atoms with E-state index in [1.165, 1.54) is 38.5 Å². The van der Waals surface area contributed by atoms with Gasteiger partial charge in [0.15, 0.2) is 5.96 Å². The fourth-order valence-corrected chi connectivity index (χ4v) is 3.08. The summed E-state index contributed by atoms with van der Waals surface area (Å²) in [6, 6.07) is 0. The summed E-state index contributed by atoms with van der Waals surface area (Å²) in [5.41, 5.74) is 0.427. The Morgan fingerprint density at radius 1 is 1.35 bits per heavy atom. The van der Waals surface area contributed by atoms with Crippen LogP contribution >= 0.6 is 24.0 Å². The van der Waals surface area contributed by atoms with E-state index in [1.54, 1.807) is 7.11 Å². The largest absolute Gasteiger partial charge is 0.385 e.